The van der Waals surface area contributed by atoms with Crippen molar-refractivity contribution in [3.05, 3.63) is 48.7 Å². The highest BCUT2D eigenvalue weighted by Gasteiger charge is 2.03. The van der Waals surface area contributed by atoms with Crippen LogP contribution >= 0.6 is 11.6 Å². The molecule has 0 aliphatic carbocycles. The standard InChI is InChI=1S/C14H13ClN2O/c15-8-7-14(18)17-12-5-3-4-11(10-12)13-6-1-2-9-16-13/h1-6,9-10H,7-8H2,(H,17,18). The molecule has 0 spiro atoms. The number of pyridine rings is 1. The van der Waals surface area contributed by atoms with E-state index in [1.807, 2.05) is 42.5 Å². The van der Waals surface area contributed by atoms with E-state index in [9.17, 15) is 4.79 Å². The molecule has 2 aromatic rings. The van der Waals surface area contributed by atoms with Crippen molar-refractivity contribution in [2.45, 2.75) is 6.42 Å². The Balaban J connectivity index is 2.18. The van der Waals surface area contributed by atoms with Gasteiger partial charge in [0.2, 0.25) is 5.91 Å². The number of amides is 1. The van der Waals surface area contributed by atoms with Gasteiger partial charge in [0.1, 0.15) is 0 Å². The summed E-state index contributed by atoms with van der Waals surface area (Å²) in [5, 5.41) is 2.80. The molecule has 0 unspecified atom stereocenters. The van der Waals surface area contributed by atoms with Crippen LogP contribution < -0.4 is 5.32 Å². The molecule has 0 bridgehead atoms. The molecule has 2 rings (SSSR count). The van der Waals surface area contributed by atoms with Gasteiger partial charge in [-0.15, -0.1) is 11.6 Å². The van der Waals surface area contributed by atoms with Crippen molar-refractivity contribution < 1.29 is 4.79 Å². The van der Waals surface area contributed by atoms with E-state index >= 15 is 0 Å². The Morgan fingerprint density at radius 3 is 2.83 bits per heavy atom. The summed E-state index contributed by atoms with van der Waals surface area (Å²) in [6.07, 6.45) is 2.06. The predicted octanol–water partition coefficient (Wildman–Crippen LogP) is 3.32. The van der Waals surface area contributed by atoms with E-state index in [0.29, 0.717) is 12.3 Å². The van der Waals surface area contributed by atoms with Crippen LogP contribution in [0.4, 0.5) is 5.69 Å². The first kappa shape index (κ1) is 12.6. The number of hydrogen-bond donors (Lipinski definition) is 1. The summed E-state index contributed by atoms with van der Waals surface area (Å²) in [7, 11) is 0. The van der Waals surface area contributed by atoms with Crippen molar-refractivity contribution in [1.82, 2.24) is 4.98 Å². The van der Waals surface area contributed by atoms with Gasteiger partial charge < -0.3 is 5.32 Å². The maximum atomic E-state index is 11.4. The van der Waals surface area contributed by atoms with Gasteiger partial charge in [0, 0.05) is 29.7 Å². The van der Waals surface area contributed by atoms with Crippen molar-refractivity contribution in [3.8, 4) is 11.3 Å². The Bertz CT molecular complexity index is 528. The molecular weight excluding hydrogens is 248 g/mol. The molecule has 3 nitrogen and oxygen atoms in total. The maximum Gasteiger partial charge on any atom is 0.225 e. The molecule has 0 radical (unpaired) electrons. The minimum atomic E-state index is -0.0804. The highest BCUT2D eigenvalue weighted by Crippen LogP contribution is 2.20. The van der Waals surface area contributed by atoms with Crippen LogP contribution in [-0.2, 0) is 4.79 Å². The lowest BCUT2D eigenvalue weighted by atomic mass is 10.1. The van der Waals surface area contributed by atoms with Gasteiger partial charge in [-0.1, -0.05) is 18.2 Å². The number of nitrogens with one attached hydrogen (secondary N) is 1. The summed E-state index contributed by atoms with van der Waals surface area (Å²) in [4.78, 5) is 15.7. The highest BCUT2D eigenvalue weighted by molar-refractivity contribution is 6.19. The third-order valence-electron chi connectivity index (χ3n) is 2.43. The third-order valence-corrected chi connectivity index (χ3v) is 2.62. The van der Waals surface area contributed by atoms with Crippen molar-refractivity contribution >= 4 is 23.2 Å². The molecule has 4 heteroatoms. The molecule has 1 aromatic carbocycles. The maximum absolute atomic E-state index is 11.4. The second-order valence-electron chi connectivity index (χ2n) is 3.78. The first-order chi connectivity index (χ1) is 8.79. The molecular formula is C14H13ClN2O. The van der Waals surface area contributed by atoms with Gasteiger partial charge in [-0.2, -0.15) is 0 Å². The molecule has 0 aliphatic heterocycles. The minimum Gasteiger partial charge on any atom is -0.326 e. The van der Waals surface area contributed by atoms with Gasteiger partial charge in [-0.25, -0.2) is 0 Å². The number of alkyl halides is 1. The molecule has 0 atom stereocenters. The third kappa shape index (κ3) is 3.31. The molecule has 0 saturated heterocycles. The lowest BCUT2D eigenvalue weighted by molar-refractivity contribution is -0.115. The van der Waals surface area contributed by atoms with Crippen molar-refractivity contribution in [3.63, 3.8) is 0 Å². The average Bonchev–Trinajstić information content (AvgIpc) is 2.40. The van der Waals surface area contributed by atoms with Gasteiger partial charge in [0.05, 0.1) is 5.69 Å². The van der Waals surface area contributed by atoms with Crippen LogP contribution in [0.3, 0.4) is 0 Å². The number of benzene rings is 1. The van der Waals surface area contributed by atoms with Crippen LogP contribution in [0.2, 0.25) is 0 Å². The molecule has 1 N–H and O–H groups in total. The number of aromatic nitrogens is 1. The molecule has 18 heavy (non-hydrogen) atoms. The fraction of sp³-hybridized carbons (Fsp3) is 0.143. The molecule has 92 valence electrons. The normalized spacial score (nSPS) is 10.1. The van der Waals surface area contributed by atoms with Crippen LogP contribution in [-0.4, -0.2) is 16.8 Å². The first-order valence-electron chi connectivity index (χ1n) is 5.67. The summed E-state index contributed by atoms with van der Waals surface area (Å²) in [5.41, 5.74) is 2.61. The Hall–Kier alpha value is -1.87. The summed E-state index contributed by atoms with van der Waals surface area (Å²) in [5.74, 6) is 0.245. The second-order valence-corrected chi connectivity index (χ2v) is 4.16. The Morgan fingerprint density at radius 2 is 2.11 bits per heavy atom. The summed E-state index contributed by atoms with van der Waals surface area (Å²) < 4.78 is 0. The van der Waals surface area contributed by atoms with Gasteiger partial charge in [0.25, 0.3) is 0 Å². The smallest absolute Gasteiger partial charge is 0.225 e. The van der Waals surface area contributed by atoms with Crippen molar-refractivity contribution in [2.75, 3.05) is 11.2 Å². The first-order valence-corrected chi connectivity index (χ1v) is 6.20. The van der Waals surface area contributed by atoms with Gasteiger partial charge in [-0.3, -0.25) is 9.78 Å². The van der Waals surface area contributed by atoms with Gasteiger partial charge in [0.15, 0.2) is 0 Å². The fourth-order valence-electron chi connectivity index (χ4n) is 1.60. The lowest BCUT2D eigenvalue weighted by Gasteiger charge is -2.06. The Morgan fingerprint density at radius 1 is 1.22 bits per heavy atom. The zero-order valence-electron chi connectivity index (χ0n) is 9.77. The summed E-state index contributed by atoms with van der Waals surface area (Å²) in [6.45, 7) is 0. The van der Waals surface area contributed by atoms with Crippen LogP contribution in [0.15, 0.2) is 48.7 Å². The number of carbonyl (C=O) groups is 1. The van der Waals surface area contributed by atoms with E-state index in [4.69, 9.17) is 11.6 Å². The van der Waals surface area contributed by atoms with Crippen molar-refractivity contribution in [1.29, 1.82) is 0 Å². The SMILES string of the molecule is O=C(CCCl)Nc1cccc(-c2ccccn2)c1. The topological polar surface area (TPSA) is 42.0 Å². The molecule has 1 aromatic heterocycles. The van der Waals surface area contributed by atoms with Gasteiger partial charge in [-0.05, 0) is 24.3 Å². The van der Waals surface area contributed by atoms with Crippen LogP contribution in [0.5, 0.6) is 0 Å². The molecule has 0 aliphatic rings. The van der Waals surface area contributed by atoms with Crippen LogP contribution in [0.25, 0.3) is 11.3 Å². The molecule has 1 heterocycles. The van der Waals surface area contributed by atoms with E-state index in [-0.39, 0.29) is 5.91 Å². The Kier molecular flexibility index (Phi) is 4.31. The molecule has 0 saturated carbocycles. The van der Waals surface area contributed by atoms with Crippen molar-refractivity contribution in [2.24, 2.45) is 0 Å². The number of rotatable bonds is 4. The minimum absolute atomic E-state index is 0.0804. The fourth-order valence-corrected chi connectivity index (χ4v) is 1.77. The lowest BCUT2D eigenvalue weighted by Crippen LogP contribution is -2.11. The number of carbonyl (C=O) groups excluding carboxylic acids is 1. The van der Waals surface area contributed by atoms with E-state index in [1.165, 1.54) is 0 Å². The zero-order chi connectivity index (χ0) is 12.8. The Labute approximate surface area is 111 Å². The largest absolute Gasteiger partial charge is 0.326 e. The van der Waals surface area contributed by atoms with E-state index in [1.54, 1.807) is 6.20 Å². The number of nitrogens with zero attached hydrogens (tertiary/aromatic N) is 1. The van der Waals surface area contributed by atoms with Crippen LogP contribution in [0.1, 0.15) is 6.42 Å². The highest BCUT2D eigenvalue weighted by atomic mass is 35.5. The number of halogens is 1. The average molecular weight is 261 g/mol. The van der Waals surface area contributed by atoms with E-state index < -0.39 is 0 Å². The van der Waals surface area contributed by atoms with Gasteiger partial charge >= 0.3 is 0 Å². The second kappa shape index (κ2) is 6.17. The van der Waals surface area contributed by atoms with E-state index in [2.05, 4.69) is 10.3 Å². The number of anilines is 1. The van der Waals surface area contributed by atoms with E-state index in [0.717, 1.165) is 16.9 Å². The molecule has 1 amide bonds. The van der Waals surface area contributed by atoms with Crippen LogP contribution in [0, 0.1) is 0 Å². The molecule has 0 fully saturated rings. The summed E-state index contributed by atoms with van der Waals surface area (Å²) in [6, 6.07) is 13.3. The monoisotopic (exact) mass is 260 g/mol. The summed E-state index contributed by atoms with van der Waals surface area (Å²) >= 11 is 5.52. The quantitative estimate of drug-likeness (QED) is 0.857. The zero-order valence-corrected chi connectivity index (χ0v) is 10.5. The number of hydrogen-bond acceptors (Lipinski definition) is 2. The predicted molar refractivity (Wildman–Crippen MR) is 73.6 cm³/mol.